The summed E-state index contributed by atoms with van der Waals surface area (Å²) in [6.45, 7) is 4.35. The molecule has 0 aromatic carbocycles. The van der Waals surface area contributed by atoms with Crippen LogP contribution in [0.4, 0.5) is 0 Å². The van der Waals surface area contributed by atoms with Gasteiger partial charge >= 0.3 is 0 Å². The van der Waals surface area contributed by atoms with Crippen LogP contribution >= 0.6 is 0 Å². The molecule has 1 heterocycles. The number of pyridine rings is 1. The van der Waals surface area contributed by atoms with E-state index >= 15 is 0 Å². The van der Waals surface area contributed by atoms with Crippen molar-refractivity contribution >= 4 is 0 Å². The van der Waals surface area contributed by atoms with Gasteiger partial charge < -0.3 is 5.11 Å². The second kappa shape index (κ2) is 3.81. The number of rotatable bonds is 2. The molecular weight excluding hydrogens is 210 g/mol. The molecule has 0 amide bonds. The standard InChI is InChI=1S/C15H21NO/c1-10(2)14-4-3-11(9-16-14)12-5-15(6-12)7-13(17)8-15/h3-4,9-10,12-13,17H,5-8H2,1-2H3. The van der Waals surface area contributed by atoms with E-state index in [-0.39, 0.29) is 6.10 Å². The summed E-state index contributed by atoms with van der Waals surface area (Å²) in [5, 5.41) is 9.39. The first-order valence-electron chi connectivity index (χ1n) is 6.72. The van der Waals surface area contributed by atoms with Crippen molar-refractivity contribution in [2.24, 2.45) is 5.41 Å². The number of aromatic nitrogens is 1. The highest BCUT2D eigenvalue weighted by molar-refractivity contribution is 5.25. The van der Waals surface area contributed by atoms with Gasteiger partial charge in [0.1, 0.15) is 0 Å². The van der Waals surface area contributed by atoms with Crippen molar-refractivity contribution in [1.82, 2.24) is 4.98 Å². The van der Waals surface area contributed by atoms with Crippen LogP contribution < -0.4 is 0 Å². The molecule has 0 unspecified atom stereocenters. The lowest BCUT2D eigenvalue weighted by atomic mass is 9.50. The molecule has 0 saturated heterocycles. The summed E-state index contributed by atoms with van der Waals surface area (Å²) in [6, 6.07) is 4.41. The third-order valence-corrected chi connectivity index (χ3v) is 4.57. The third-order valence-electron chi connectivity index (χ3n) is 4.57. The molecule has 0 bridgehead atoms. The van der Waals surface area contributed by atoms with Crippen molar-refractivity contribution in [2.45, 2.75) is 57.5 Å². The smallest absolute Gasteiger partial charge is 0.0550 e. The first kappa shape index (κ1) is 11.2. The van der Waals surface area contributed by atoms with E-state index in [2.05, 4.69) is 37.2 Å². The molecule has 2 fully saturated rings. The fraction of sp³-hybridized carbons (Fsp3) is 0.667. The van der Waals surface area contributed by atoms with Crippen LogP contribution in [0.5, 0.6) is 0 Å². The van der Waals surface area contributed by atoms with Gasteiger partial charge in [-0.15, -0.1) is 0 Å². The van der Waals surface area contributed by atoms with Gasteiger partial charge in [0, 0.05) is 11.9 Å². The molecule has 0 aliphatic heterocycles. The van der Waals surface area contributed by atoms with Gasteiger partial charge in [0.2, 0.25) is 0 Å². The summed E-state index contributed by atoms with van der Waals surface area (Å²) in [5.41, 5.74) is 3.07. The van der Waals surface area contributed by atoms with Crippen molar-refractivity contribution in [3.8, 4) is 0 Å². The van der Waals surface area contributed by atoms with E-state index in [9.17, 15) is 5.11 Å². The number of hydrogen-bond donors (Lipinski definition) is 1. The van der Waals surface area contributed by atoms with E-state index in [4.69, 9.17) is 0 Å². The average Bonchev–Trinajstić information content (AvgIpc) is 2.21. The van der Waals surface area contributed by atoms with Crippen molar-refractivity contribution in [3.63, 3.8) is 0 Å². The van der Waals surface area contributed by atoms with Gasteiger partial charge in [0.25, 0.3) is 0 Å². The normalized spacial score (nSPS) is 35.8. The topological polar surface area (TPSA) is 33.1 Å². The van der Waals surface area contributed by atoms with Gasteiger partial charge in [-0.25, -0.2) is 0 Å². The second-order valence-corrected chi connectivity index (χ2v) is 6.34. The van der Waals surface area contributed by atoms with Crippen LogP contribution in [0.3, 0.4) is 0 Å². The van der Waals surface area contributed by atoms with Crippen molar-refractivity contribution in [3.05, 3.63) is 29.6 Å². The highest BCUT2D eigenvalue weighted by Gasteiger charge is 2.52. The molecule has 1 aromatic rings. The second-order valence-electron chi connectivity index (χ2n) is 6.34. The number of aliphatic hydroxyl groups excluding tert-OH is 1. The predicted octanol–water partition coefficient (Wildman–Crippen LogP) is 3.22. The molecule has 3 rings (SSSR count). The molecule has 2 nitrogen and oxygen atoms in total. The molecule has 2 aliphatic rings. The Kier molecular flexibility index (Phi) is 2.51. The highest BCUT2D eigenvalue weighted by atomic mass is 16.3. The van der Waals surface area contributed by atoms with Crippen LogP contribution in [0.2, 0.25) is 0 Å². The lowest BCUT2D eigenvalue weighted by Gasteiger charge is -2.56. The zero-order valence-electron chi connectivity index (χ0n) is 10.7. The molecule has 2 saturated carbocycles. The first-order valence-corrected chi connectivity index (χ1v) is 6.72. The Bertz CT molecular complexity index is 395. The summed E-state index contributed by atoms with van der Waals surface area (Å²) in [4.78, 5) is 4.54. The minimum absolute atomic E-state index is 0.0163. The maximum atomic E-state index is 9.39. The molecule has 0 radical (unpaired) electrons. The summed E-state index contributed by atoms with van der Waals surface area (Å²) in [6.07, 6.45) is 6.61. The van der Waals surface area contributed by atoms with E-state index < -0.39 is 0 Å². The van der Waals surface area contributed by atoms with E-state index in [1.165, 1.54) is 24.1 Å². The summed E-state index contributed by atoms with van der Waals surface area (Å²) >= 11 is 0. The van der Waals surface area contributed by atoms with Gasteiger partial charge in [-0.1, -0.05) is 19.9 Å². The Balaban J connectivity index is 1.63. The fourth-order valence-electron chi connectivity index (χ4n) is 3.49. The number of hydrogen-bond acceptors (Lipinski definition) is 2. The monoisotopic (exact) mass is 231 g/mol. The molecule has 1 spiro atoms. The zero-order valence-corrected chi connectivity index (χ0v) is 10.7. The lowest BCUT2D eigenvalue weighted by Crippen LogP contribution is -2.49. The van der Waals surface area contributed by atoms with Gasteiger partial charge in [-0.05, 0) is 54.6 Å². The summed E-state index contributed by atoms with van der Waals surface area (Å²) < 4.78 is 0. The first-order chi connectivity index (χ1) is 8.08. The lowest BCUT2D eigenvalue weighted by molar-refractivity contribution is -0.0924. The number of nitrogens with zero attached hydrogens (tertiary/aromatic N) is 1. The summed E-state index contributed by atoms with van der Waals surface area (Å²) in [5.74, 6) is 1.20. The number of aliphatic hydroxyl groups is 1. The van der Waals surface area contributed by atoms with Crippen LogP contribution in [0.1, 0.15) is 62.6 Å². The van der Waals surface area contributed by atoms with E-state index in [1.54, 1.807) is 0 Å². The Morgan fingerprint density at radius 2 is 1.94 bits per heavy atom. The fourth-order valence-corrected chi connectivity index (χ4v) is 3.49. The molecule has 17 heavy (non-hydrogen) atoms. The molecule has 0 atom stereocenters. The van der Waals surface area contributed by atoms with Crippen LogP contribution in [-0.2, 0) is 0 Å². The van der Waals surface area contributed by atoms with Gasteiger partial charge in [-0.2, -0.15) is 0 Å². The van der Waals surface area contributed by atoms with E-state index in [0.717, 1.165) is 12.8 Å². The minimum Gasteiger partial charge on any atom is -0.393 e. The van der Waals surface area contributed by atoms with Gasteiger partial charge in [0.05, 0.1) is 6.10 Å². The average molecular weight is 231 g/mol. The van der Waals surface area contributed by atoms with Crippen molar-refractivity contribution in [2.75, 3.05) is 0 Å². The van der Waals surface area contributed by atoms with Crippen molar-refractivity contribution in [1.29, 1.82) is 0 Å². The van der Waals surface area contributed by atoms with E-state index in [1.807, 2.05) is 0 Å². The highest BCUT2D eigenvalue weighted by Crippen LogP contribution is 2.61. The van der Waals surface area contributed by atoms with Gasteiger partial charge in [-0.3, -0.25) is 4.98 Å². The largest absolute Gasteiger partial charge is 0.393 e. The molecule has 2 aliphatic carbocycles. The quantitative estimate of drug-likeness (QED) is 0.847. The molecular formula is C15H21NO. The zero-order chi connectivity index (χ0) is 12.0. The Labute approximate surface area is 103 Å². The van der Waals surface area contributed by atoms with Crippen LogP contribution in [0.15, 0.2) is 18.3 Å². The predicted molar refractivity (Wildman–Crippen MR) is 68.0 cm³/mol. The van der Waals surface area contributed by atoms with Crippen LogP contribution in [-0.4, -0.2) is 16.2 Å². The maximum Gasteiger partial charge on any atom is 0.0550 e. The van der Waals surface area contributed by atoms with Crippen molar-refractivity contribution < 1.29 is 5.11 Å². The summed E-state index contributed by atoms with van der Waals surface area (Å²) in [7, 11) is 0. The Hall–Kier alpha value is -0.890. The van der Waals surface area contributed by atoms with Gasteiger partial charge in [0.15, 0.2) is 0 Å². The van der Waals surface area contributed by atoms with Crippen LogP contribution in [0.25, 0.3) is 0 Å². The Morgan fingerprint density at radius 3 is 2.41 bits per heavy atom. The minimum atomic E-state index is -0.0163. The molecule has 1 aromatic heterocycles. The van der Waals surface area contributed by atoms with E-state index in [0.29, 0.717) is 17.3 Å². The van der Waals surface area contributed by atoms with Crippen LogP contribution in [0, 0.1) is 5.41 Å². The third kappa shape index (κ3) is 1.89. The molecule has 1 N–H and O–H groups in total. The molecule has 2 heteroatoms. The maximum absolute atomic E-state index is 9.39. The Morgan fingerprint density at radius 1 is 1.24 bits per heavy atom. The SMILES string of the molecule is CC(C)c1ccc(C2CC3(CC(O)C3)C2)cn1. The molecule has 92 valence electrons.